The molecule has 190 valence electrons. The molecule has 2 aromatic heterocycles. The normalized spacial score (nSPS) is 17.2. The van der Waals surface area contributed by atoms with Gasteiger partial charge in [0.05, 0.1) is 11.4 Å². The van der Waals surface area contributed by atoms with Gasteiger partial charge in [0.2, 0.25) is 11.9 Å². The standard InChI is InChI=1S/C27H32N10/c1-29-25(35-15-19-37(20-16-35)27-32-11-6-12-33-27)24(21-23(28)22-7-3-2-4-8-22)34-13-17-36(18-14-34)26-30-9-5-10-31-26/h2-12,21,28H,13-20H2,1H3/b24-21+,28-23?,29-25?. The van der Waals surface area contributed by atoms with Crippen molar-refractivity contribution in [1.82, 2.24) is 29.7 Å². The summed E-state index contributed by atoms with van der Waals surface area (Å²) in [5.74, 6) is 2.44. The summed E-state index contributed by atoms with van der Waals surface area (Å²) in [4.78, 5) is 31.5. The lowest BCUT2D eigenvalue weighted by atomic mass is 10.1. The lowest BCUT2D eigenvalue weighted by Gasteiger charge is -2.41. The molecule has 2 aliphatic rings. The molecule has 2 fully saturated rings. The zero-order chi connectivity index (χ0) is 25.5. The van der Waals surface area contributed by atoms with Gasteiger partial charge in [0.25, 0.3) is 0 Å². The van der Waals surface area contributed by atoms with Gasteiger partial charge in [-0.25, -0.2) is 19.9 Å². The highest BCUT2D eigenvalue weighted by Crippen LogP contribution is 2.20. The summed E-state index contributed by atoms with van der Waals surface area (Å²) < 4.78 is 0. The van der Waals surface area contributed by atoms with E-state index in [0.29, 0.717) is 5.71 Å². The number of nitrogens with one attached hydrogen (secondary N) is 1. The lowest BCUT2D eigenvalue weighted by Crippen LogP contribution is -2.53. The van der Waals surface area contributed by atoms with Crippen LogP contribution in [0.15, 0.2) is 84.0 Å². The van der Waals surface area contributed by atoms with Crippen LogP contribution >= 0.6 is 0 Å². The molecular weight excluding hydrogens is 464 g/mol. The van der Waals surface area contributed by atoms with Crippen LogP contribution < -0.4 is 9.80 Å². The van der Waals surface area contributed by atoms with Crippen molar-refractivity contribution in [3.8, 4) is 0 Å². The van der Waals surface area contributed by atoms with Crippen LogP contribution in [0.25, 0.3) is 0 Å². The molecule has 4 heterocycles. The molecule has 0 saturated carbocycles. The molecule has 3 aromatic rings. The van der Waals surface area contributed by atoms with E-state index < -0.39 is 0 Å². The monoisotopic (exact) mass is 496 g/mol. The number of aliphatic imine (C=N–C) groups is 1. The van der Waals surface area contributed by atoms with Crippen LogP contribution in [-0.2, 0) is 0 Å². The van der Waals surface area contributed by atoms with Gasteiger partial charge in [-0.05, 0) is 23.8 Å². The van der Waals surface area contributed by atoms with E-state index in [-0.39, 0.29) is 0 Å². The fourth-order valence-electron chi connectivity index (χ4n) is 4.73. The van der Waals surface area contributed by atoms with Crippen molar-refractivity contribution in [3.63, 3.8) is 0 Å². The molecular formula is C27H32N10. The molecule has 0 spiro atoms. The molecule has 0 aliphatic carbocycles. The Labute approximate surface area is 217 Å². The zero-order valence-corrected chi connectivity index (χ0v) is 21.1. The predicted octanol–water partition coefficient (Wildman–Crippen LogP) is 2.19. The van der Waals surface area contributed by atoms with E-state index in [2.05, 4.69) is 39.5 Å². The summed E-state index contributed by atoms with van der Waals surface area (Å²) in [7, 11) is 1.84. The maximum atomic E-state index is 8.85. The van der Waals surface area contributed by atoms with Crippen LogP contribution in [0.3, 0.4) is 0 Å². The first-order valence-corrected chi connectivity index (χ1v) is 12.6. The Morgan fingerprint density at radius 1 is 0.703 bits per heavy atom. The van der Waals surface area contributed by atoms with Crippen LogP contribution in [0, 0.1) is 5.41 Å². The number of allylic oxidation sites excluding steroid dienone is 1. The topological polar surface area (TPSA) is 101 Å². The number of aromatic nitrogens is 4. The van der Waals surface area contributed by atoms with Crippen LogP contribution in [0.1, 0.15) is 5.56 Å². The number of rotatable bonds is 6. The van der Waals surface area contributed by atoms with Gasteiger partial charge in [-0.3, -0.25) is 4.99 Å². The minimum absolute atomic E-state index is 0.474. The molecule has 0 bridgehead atoms. The average Bonchev–Trinajstić information content (AvgIpc) is 2.99. The fourth-order valence-corrected chi connectivity index (χ4v) is 4.73. The minimum Gasteiger partial charge on any atom is -0.365 e. The molecule has 1 N–H and O–H groups in total. The second-order valence-electron chi connectivity index (χ2n) is 8.90. The largest absolute Gasteiger partial charge is 0.365 e. The third kappa shape index (κ3) is 5.74. The molecule has 0 amide bonds. The van der Waals surface area contributed by atoms with Gasteiger partial charge in [-0.1, -0.05) is 30.3 Å². The van der Waals surface area contributed by atoms with Crippen molar-refractivity contribution in [2.75, 3.05) is 69.2 Å². The quantitative estimate of drug-likeness (QED) is 0.410. The van der Waals surface area contributed by atoms with E-state index in [9.17, 15) is 0 Å². The fraction of sp³-hybridized carbons (Fsp3) is 0.333. The number of hydrogen-bond donors (Lipinski definition) is 1. The maximum absolute atomic E-state index is 8.85. The number of anilines is 2. The van der Waals surface area contributed by atoms with E-state index in [1.54, 1.807) is 24.8 Å². The predicted molar refractivity (Wildman–Crippen MR) is 146 cm³/mol. The van der Waals surface area contributed by atoms with Gasteiger partial charge >= 0.3 is 0 Å². The van der Waals surface area contributed by atoms with Gasteiger partial charge in [0.1, 0.15) is 5.84 Å². The molecule has 2 saturated heterocycles. The average molecular weight is 497 g/mol. The minimum atomic E-state index is 0.474. The smallest absolute Gasteiger partial charge is 0.225 e. The highest BCUT2D eigenvalue weighted by molar-refractivity contribution is 6.11. The molecule has 10 heteroatoms. The van der Waals surface area contributed by atoms with Gasteiger partial charge in [0, 0.05) is 84.2 Å². The van der Waals surface area contributed by atoms with Crippen LogP contribution in [0.4, 0.5) is 11.9 Å². The van der Waals surface area contributed by atoms with Crippen molar-refractivity contribution in [1.29, 1.82) is 5.41 Å². The number of piperazine rings is 2. The molecule has 0 radical (unpaired) electrons. The molecule has 10 nitrogen and oxygen atoms in total. The van der Waals surface area contributed by atoms with Crippen LogP contribution in [-0.4, -0.2) is 101 Å². The van der Waals surface area contributed by atoms with Gasteiger partial charge in [-0.15, -0.1) is 0 Å². The Kier molecular flexibility index (Phi) is 7.63. The molecule has 5 rings (SSSR count). The van der Waals surface area contributed by atoms with Gasteiger partial charge in [-0.2, -0.15) is 0 Å². The molecule has 2 aliphatic heterocycles. The highest BCUT2D eigenvalue weighted by Gasteiger charge is 2.28. The highest BCUT2D eigenvalue weighted by atomic mass is 15.4. The van der Waals surface area contributed by atoms with E-state index in [4.69, 9.17) is 10.4 Å². The van der Waals surface area contributed by atoms with Crippen LogP contribution in [0.5, 0.6) is 0 Å². The Morgan fingerprint density at radius 3 is 1.68 bits per heavy atom. The number of nitrogens with zero attached hydrogens (tertiary/aromatic N) is 9. The van der Waals surface area contributed by atoms with E-state index in [0.717, 1.165) is 81.4 Å². The Morgan fingerprint density at radius 2 is 1.19 bits per heavy atom. The van der Waals surface area contributed by atoms with Gasteiger partial charge in [0.15, 0.2) is 0 Å². The summed E-state index contributed by atoms with van der Waals surface area (Å²) in [6, 6.07) is 13.5. The van der Waals surface area contributed by atoms with E-state index in [1.165, 1.54) is 0 Å². The summed E-state index contributed by atoms with van der Waals surface area (Å²) >= 11 is 0. The Bertz CT molecular complexity index is 1210. The third-order valence-corrected chi connectivity index (χ3v) is 6.68. The first kappa shape index (κ1) is 24.4. The second kappa shape index (κ2) is 11.6. The van der Waals surface area contributed by atoms with Crippen LogP contribution in [0.2, 0.25) is 0 Å². The summed E-state index contributed by atoms with van der Waals surface area (Å²) in [5, 5.41) is 8.85. The van der Waals surface area contributed by atoms with Crippen molar-refractivity contribution >= 4 is 23.4 Å². The number of benzene rings is 1. The SMILES string of the molecule is CN=C(/C(=C\C(=N)c1ccccc1)N1CCN(c2ncccn2)CC1)N1CCN(c2ncccn2)CC1. The van der Waals surface area contributed by atoms with E-state index >= 15 is 0 Å². The number of hydrogen-bond acceptors (Lipinski definition) is 9. The summed E-state index contributed by atoms with van der Waals surface area (Å²) in [5.41, 5.74) is 2.34. The summed E-state index contributed by atoms with van der Waals surface area (Å²) in [6.45, 7) is 6.42. The second-order valence-corrected chi connectivity index (χ2v) is 8.90. The number of amidine groups is 1. The van der Waals surface area contributed by atoms with Crippen molar-refractivity contribution in [2.24, 2.45) is 4.99 Å². The van der Waals surface area contributed by atoms with Crippen molar-refractivity contribution in [2.45, 2.75) is 0 Å². The van der Waals surface area contributed by atoms with Crippen molar-refractivity contribution < 1.29 is 0 Å². The Balaban J connectivity index is 1.35. The maximum Gasteiger partial charge on any atom is 0.225 e. The third-order valence-electron chi connectivity index (χ3n) is 6.68. The zero-order valence-electron chi connectivity index (χ0n) is 21.1. The van der Waals surface area contributed by atoms with Crippen molar-refractivity contribution in [3.05, 3.63) is 84.6 Å². The summed E-state index contributed by atoms with van der Waals surface area (Å²) in [6.07, 6.45) is 9.10. The molecule has 37 heavy (non-hydrogen) atoms. The first-order valence-electron chi connectivity index (χ1n) is 12.6. The first-order chi connectivity index (χ1) is 18.2. The molecule has 0 atom stereocenters. The molecule has 0 unspecified atom stereocenters. The lowest BCUT2D eigenvalue weighted by molar-refractivity contribution is 0.316. The molecule has 1 aromatic carbocycles. The van der Waals surface area contributed by atoms with E-state index in [1.807, 2.05) is 55.6 Å². The Hall–Kier alpha value is -4.34. The van der Waals surface area contributed by atoms with Gasteiger partial charge < -0.3 is 25.0 Å².